The van der Waals surface area contributed by atoms with Crippen molar-refractivity contribution in [3.8, 4) is 33.4 Å². The maximum atomic E-state index is 2.37. The largest absolute Gasteiger partial charge is 0.135 e. The predicted molar refractivity (Wildman–Crippen MR) is 206 cm³/mol. The van der Waals surface area contributed by atoms with E-state index in [4.69, 9.17) is 0 Å². The van der Waals surface area contributed by atoms with Crippen LogP contribution in [-0.2, 0) is 0 Å². The minimum absolute atomic E-state index is 1.23. The molecule has 1 aromatic heterocycles. The van der Waals surface area contributed by atoms with Gasteiger partial charge < -0.3 is 0 Å². The highest BCUT2D eigenvalue weighted by Gasteiger charge is 2.19. The first-order valence-corrected chi connectivity index (χ1v) is 17.0. The summed E-state index contributed by atoms with van der Waals surface area (Å²) in [6, 6.07) is 62.7. The molecule has 47 heavy (non-hydrogen) atoms. The van der Waals surface area contributed by atoms with Crippen LogP contribution in [0.2, 0.25) is 0 Å². The molecule has 10 aromatic rings. The maximum Gasteiger partial charge on any atom is 0.0434 e. The van der Waals surface area contributed by atoms with Gasteiger partial charge in [0.2, 0.25) is 0 Å². The molecular formula is C46H28S. The molecule has 0 amide bonds. The first kappa shape index (κ1) is 26.5. The second-order valence-corrected chi connectivity index (χ2v) is 13.5. The number of fused-ring (bicyclic) bond motifs is 7. The monoisotopic (exact) mass is 612 g/mol. The van der Waals surface area contributed by atoms with Crippen LogP contribution in [0.25, 0.3) is 96.6 Å². The van der Waals surface area contributed by atoms with Crippen molar-refractivity contribution in [3.05, 3.63) is 170 Å². The van der Waals surface area contributed by atoms with Crippen LogP contribution in [0.4, 0.5) is 0 Å². The molecule has 0 unspecified atom stereocenters. The normalized spacial score (nSPS) is 11.8. The van der Waals surface area contributed by atoms with Crippen molar-refractivity contribution >= 4 is 74.6 Å². The van der Waals surface area contributed by atoms with Crippen LogP contribution in [0.5, 0.6) is 0 Å². The average molecular weight is 613 g/mol. The second-order valence-electron chi connectivity index (χ2n) is 12.5. The molecule has 0 bridgehead atoms. The molecule has 0 N–H and O–H groups in total. The third-order valence-corrected chi connectivity index (χ3v) is 11.0. The third-order valence-electron chi connectivity index (χ3n) is 9.80. The highest BCUT2D eigenvalue weighted by molar-refractivity contribution is 7.26. The number of hydrogen-bond acceptors (Lipinski definition) is 1. The van der Waals surface area contributed by atoms with Crippen LogP contribution in [0, 0.1) is 0 Å². The molecule has 1 heteroatoms. The van der Waals surface area contributed by atoms with Gasteiger partial charge in [0.25, 0.3) is 0 Å². The van der Waals surface area contributed by atoms with E-state index in [0.717, 1.165) is 0 Å². The first-order chi connectivity index (χ1) is 23.3. The van der Waals surface area contributed by atoms with E-state index in [0.29, 0.717) is 0 Å². The Bertz CT molecular complexity index is 2800. The topological polar surface area (TPSA) is 0 Å². The van der Waals surface area contributed by atoms with Gasteiger partial charge in [0, 0.05) is 25.7 Å². The minimum atomic E-state index is 1.23. The quantitative estimate of drug-likeness (QED) is 0.174. The van der Waals surface area contributed by atoms with E-state index in [1.807, 2.05) is 11.3 Å². The number of thiophene rings is 1. The third kappa shape index (κ3) is 4.14. The molecule has 0 fully saturated rings. The average Bonchev–Trinajstić information content (AvgIpc) is 3.50. The zero-order valence-electron chi connectivity index (χ0n) is 25.6. The van der Waals surface area contributed by atoms with Crippen molar-refractivity contribution in [2.45, 2.75) is 0 Å². The van der Waals surface area contributed by atoms with Gasteiger partial charge in [-0.15, -0.1) is 11.3 Å². The molecular weight excluding hydrogens is 585 g/mol. The lowest BCUT2D eigenvalue weighted by Gasteiger charge is -2.18. The van der Waals surface area contributed by atoms with Gasteiger partial charge in [-0.2, -0.15) is 0 Å². The highest BCUT2D eigenvalue weighted by Crippen LogP contribution is 2.48. The Hall–Kier alpha value is -5.76. The van der Waals surface area contributed by atoms with Gasteiger partial charge in [0.05, 0.1) is 0 Å². The minimum Gasteiger partial charge on any atom is -0.135 e. The zero-order valence-corrected chi connectivity index (χ0v) is 26.4. The summed E-state index contributed by atoms with van der Waals surface area (Å²) in [6.45, 7) is 0. The second kappa shape index (κ2) is 10.4. The van der Waals surface area contributed by atoms with Crippen LogP contribution < -0.4 is 0 Å². The summed E-state index contributed by atoms with van der Waals surface area (Å²) >= 11 is 1.92. The van der Waals surface area contributed by atoms with E-state index < -0.39 is 0 Å². The van der Waals surface area contributed by atoms with Crippen molar-refractivity contribution in [3.63, 3.8) is 0 Å². The van der Waals surface area contributed by atoms with E-state index in [1.165, 1.54) is 96.6 Å². The number of hydrogen-bond donors (Lipinski definition) is 0. The first-order valence-electron chi connectivity index (χ1n) is 16.2. The van der Waals surface area contributed by atoms with Gasteiger partial charge in [-0.1, -0.05) is 146 Å². The van der Waals surface area contributed by atoms with Crippen LogP contribution >= 0.6 is 11.3 Å². The Labute approximate surface area is 276 Å². The van der Waals surface area contributed by atoms with E-state index in [-0.39, 0.29) is 0 Å². The number of rotatable bonds is 3. The van der Waals surface area contributed by atoms with Crippen molar-refractivity contribution in [2.24, 2.45) is 0 Å². The molecule has 0 aliphatic heterocycles. The van der Waals surface area contributed by atoms with E-state index in [2.05, 4.69) is 170 Å². The van der Waals surface area contributed by atoms with Gasteiger partial charge in [-0.3, -0.25) is 0 Å². The van der Waals surface area contributed by atoms with Crippen molar-refractivity contribution in [2.75, 3.05) is 0 Å². The number of benzene rings is 9. The molecule has 9 aromatic carbocycles. The highest BCUT2D eigenvalue weighted by atomic mass is 32.1. The molecule has 0 nitrogen and oxygen atoms in total. The van der Waals surface area contributed by atoms with E-state index >= 15 is 0 Å². The molecule has 0 aliphatic rings. The smallest absolute Gasteiger partial charge is 0.0434 e. The zero-order chi connectivity index (χ0) is 30.9. The summed E-state index contributed by atoms with van der Waals surface area (Å²) in [5, 5.41) is 12.9. The van der Waals surface area contributed by atoms with Gasteiger partial charge in [0.1, 0.15) is 0 Å². The molecule has 0 atom stereocenters. The molecule has 0 aliphatic carbocycles. The van der Waals surface area contributed by atoms with Crippen LogP contribution in [0.1, 0.15) is 0 Å². The maximum absolute atomic E-state index is 2.37. The summed E-state index contributed by atoms with van der Waals surface area (Å²) in [6.07, 6.45) is 0. The Morgan fingerprint density at radius 3 is 1.55 bits per heavy atom. The van der Waals surface area contributed by atoms with Crippen LogP contribution in [0.15, 0.2) is 170 Å². The Balaban J connectivity index is 1.24. The standard InChI is InChI=1S/C46H28S/c1-2-12-30-25-34(24-23-29(30)11-1)31-15-9-16-35(26-31)44-36-17-5-7-19-38(36)45(39-20-8-6-18-37(39)44)41-22-10-21-40-42-27-32-13-3-4-14-33(32)28-43(42)47-46(40)41/h1-28H. The fraction of sp³-hybridized carbons (Fsp3) is 0. The van der Waals surface area contributed by atoms with Crippen LogP contribution in [0.3, 0.4) is 0 Å². The van der Waals surface area contributed by atoms with Crippen molar-refractivity contribution in [1.82, 2.24) is 0 Å². The summed E-state index contributed by atoms with van der Waals surface area (Å²) in [5.74, 6) is 0. The Morgan fingerprint density at radius 1 is 0.298 bits per heavy atom. The lowest BCUT2D eigenvalue weighted by molar-refractivity contribution is 1.63. The van der Waals surface area contributed by atoms with Crippen molar-refractivity contribution < 1.29 is 0 Å². The molecule has 218 valence electrons. The van der Waals surface area contributed by atoms with Gasteiger partial charge in [-0.05, 0) is 95.2 Å². The lowest BCUT2D eigenvalue weighted by Crippen LogP contribution is -1.91. The summed E-state index contributed by atoms with van der Waals surface area (Å²) in [5.41, 5.74) is 7.61. The molecule has 1 heterocycles. The lowest BCUT2D eigenvalue weighted by atomic mass is 9.85. The summed E-state index contributed by atoms with van der Waals surface area (Å²) < 4.78 is 2.68. The summed E-state index contributed by atoms with van der Waals surface area (Å²) in [4.78, 5) is 0. The predicted octanol–water partition coefficient (Wildman–Crippen LogP) is 13.7. The van der Waals surface area contributed by atoms with Gasteiger partial charge >= 0.3 is 0 Å². The molecule has 0 saturated heterocycles. The van der Waals surface area contributed by atoms with Crippen molar-refractivity contribution in [1.29, 1.82) is 0 Å². The van der Waals surface area contributed by atoms with E-state index in [9.17, 15) is 0 Å². The fourth-order valence-corrected chi connectivity index (χ4v) is 8.89. The van der Waals surface area contributed by atoms with E-state index in [1.54, 1.807) is 0 Å². The van der Waals surface area contributed by atoms with Gasteiger partial charge in [-0.25, -0.2) is 0 Å². The molecule has 0 saturated carbocycles. The van der Waals surface area contributed by atoms with Crippen LogP contribution in [-0.4, -0.2) is 0 Å². The Morgan fingerprint density at radius 2 is 0.830 bits per heavy atom. The fourth-order valence-electron chi connectivity index (χ4n) is 7.63. The van der Waals surface area contributed by atoms with Gasteiger partial charge in [0.15, 0.2) is 0 Å². The molecule has 10 rings (SSSR count). The molecule has 0 radical (unpaired) electrons. The SMILES string of the molecule is c1cc(-c2ccc3ccccc3c2)cc(-c2c3ccccc3c(-c3cccc4c3sc3cc5ccccc5cc34)c3ccccc23)c1. The Kier molecular flexibility index (Phi) is 5.85. The molecule has 0 spiro atoms. The summed E-state index contributed by atoms with van der Waals surface area (Å²) in [7, 11) is 0.